The molecule has 0 fully saturated rings. The van der Waals surface area contributed by atoms with E-state index in [9.17, 15) is 0 Å². The zero-order chi connectivity index (χ0) is 11.6. The molecule has 0 spiro atoms. The molecule has 1 rings (SSSR count). The summed E-state index contributed by atoms with van der Waals surface area (Å²) >= 11 is 0. The van der Waals surface area contributed by atoms with Gasteiger partial charge in [-0.15, -0.1) is 11.8 Å². The van der Waals surface area contributed by atoms with E-state index in [4.69, 9.17) is 0 Å². The van der Waals surface area contributed by atoms with Crippen molar-refractivity contribution >= 4 is 0 Å². The first-order chi connectivity index (χ1) is 7.86. The van der Waals surface area contributed by atoms with Crippen LogP contribution in [0, 0.1) is 11.8 Å². The van der Waals surface area contributed by atoms with Crippen LogP contribution in [0.4, 0.5) is 0 Å². The molecule has 0 nitrogen and oxygen atoms in total. The van der Waals surface area contributed by atoms with E-state index in [1.54, 1.807) is 0 Å². The van der Waals surface area contributed by atoms with Gasteiger partial charge >= 0.3 is 0 Å². The van der Waals surface area contributed by atoms with Gasteiger partial charge in [0.25, 0.3) is 0 Å². The Bertz CT molecular complexity index is 335. The van der Waals surface area contributed by atoms with Crippen LogP contribution in [0.3, 0.4) is 0 Å². The van der Waals surface area contributed by atoms with Crippen LogP contribution < -0.4 is 0 Å². The number of hydrogen-bond acceptors (Lipinski definition) is 0. The topological polar surface area (TPSA) is 0 Å². The zero-order valence-electron chi connectivity index (χ0n) is 10.6. The van der Waals surface area contributed by atoms with Crippen molar-refractivity contribution in [1.29, 1.82) is 0 Å². The third kappa shape index (κ3) is 5.03. The molecule has 0 saturated carbocycles. The molecule has 0 amide bonds. The molecule has 0 aliphatic carbocycles. The van der Waals surface area contributed by atoms with Crippen molar-refractivity contribution in [3.8, 4) is 11.8 Å². The van der Waals surface area contributed by atoms with Crippen LogP contribution in [0.2, 0.25) is 0 Å². The van der Waals surface area contributed by atoms with Crippen LogP contribution in [0.25, 0.3) is 0 Å². The molecule has 0 aromatic heterocycles. The van der Waals surface area contributed by atoms with Crippen molar-refractivity contribution in [1.82, 2.24) is 0 Å². The largest absolute Gasteiger partial charge is 0.104 e. The van der Waals surface area contributed by atoms with Crippen molar-refractivity contribution in [3.05, 3.63) is 35.4 Å². The summed E-state index contributed by atoms with van der Waals surface area (Å²) in [6, 6.07) is 9.02. The van der Waals surface area contributed by atoms with Gasteiger partial charge in [-0.3, -0.25) is 0 Å². The molecular formula is C16H22. The van der Waals surface area contributed by atoms with E-state index in [1.807, 2.05) is 0 Å². The minimum absolute atomic E-state index is 0.968. The molecule has 0 unspecified atom stereocenters. The molecule has 1 aromatic carbocycles. The molecular weight excluding hydrogens is 192 g/mol. The normalized spacial score (nSPS) is 9.62. The second-order valence-corrected chi connectivity index (χ2v) is 4.13. The maximum atomic E-state index is 3.18. The lowest BCUT2D eigenvalue weighted by Crippen LogP contribution is -1.87. The maximum absolute atomic E-state index is 3.18. The van der Waals surface area contributed by atoms with E-state index in [1.165, 1.54) is 30.4 Å². The molecule has 1 aromatic rings. The van der Waals surface area contributed by atoms with Crippen molar-refractivity contribution in [2.45, 2.75) is 52.4 Å². The molecule has 0 aliphatic heterocycles. The van der Waals surface area contributed by atoms with Gasteiger partial charge in [0.05, 0.1) is 0 Å². The van der Waals surface area contributed by atoms with Gasteiger partial charge < -0.3 is 0 Å². The molecule has 0 heterocycles. The third-order valence-corrected chi connectivity index (χ3v) is 2.68. The van der Waals surface area contributed by atoms with Gasteiger partial charge in [-0.05, 0) is 30.4 Å². The van der Waals surface area contributed by atoms with E-state index in [-0.39, 0.29) is 0 Å². The summed E-state index contributed by atoms with van der Waals surface area (Å²) in [4.78, 5) is 0. The lowest BCUT2D eigenvalue weighted by Gasteiger charge is -2.02. The predicted molar refractivity (Wildman–Crippen MR) is 71.4 cm³/mol. The van der Waals surface area contributed by atoms with Gasteiger partial charge in [-0.25, -0.2) is 0 Å². The van der Waals surface area contributed by atoms with E-state index < -0.39 is 0 Å². The summed E-state index contributed by atoms with van der Waals surface area (Å²) in [7, 11) is 0. The SMILES string of the molecule is CCC#CCCc1ccc(CCCC)cc1. The average Bonchev–Trinajstić information content (AvgIpc) is 2.33. The molecule has 0 bridgehead atoms. The third-order valence-electron chi connectivity index (χ3n) is 2.68. The zero-order valence-corrected chi connectivity index (χ0v) is 10.6. The highest BCUT2D eigenvalue weighted by molar-refractivity contribution is 5.23. The molecule has 0 atom stereocenters. The molecule has 0 aliphatic rings. The van der Waals surface area contributed by atoms with Crippen LogP contribution in [-0.4, -0.2) is 0 Å². The fourth-order valence-corrected chi connectivity index (χ4v) is 1.67. The van der Waals surface area contributed by atoms with E-state index in [2.05, 4.69) is 50.0 Å². The highest BCUT2D eigenvalue weighted by Gasteiger charge is 1.94. The summed E-state index contributed by atoms with van der Waals surface area (Å²) in [5.41, 5.74) is 2.87. The van der Waals surface area contributed by atoms with Crippen molar-refractivity contribution < 1.29 is 0 Å². The second kappa shape index (κ2) is 7.99. The first kappa shape index (κ1) is 12.8. The maximum Gasteiger partial charge on any atom is 0.0129 e. The molecule has 0 heteroatoms. The van der Waals surface area contributed by atoms with Crippen molar-refractivity contribution in [2.75, 3.05) is 0 Å². The Balaban J connectivity index is 2.38. The summed E-state index contributed by atoms with van der Waals surface area (Å²) in [5, 5.41) is 0. The van der Waals surface area contributed by atoms with Crippen LogP contribution in [0.5, 0.6) is 0 Å². The highest BCUT2D eigenvalue weighted by Crippen LogP contribution is 2.09. The quantitative estimate of drug-likeness (QED) is 0.638. The van der Waals surface area contributed by atoms with Crippen LogP contribution in [0.1, 0.15) is 50.7 Å². The van der Waals surface area contributed by atoms with Crippen molar-refractivity contribution in [3.63, 3.8) is 0 Å². The number of hydrogen-bond donors (Lipinski definition) is 0. The molecule has 0 radical (unpaired) electrons. The number of unbranched alkanes of at least 4 members (excludes halogenated alkanes) is 1. The molecule has 16 heavy (non-hydrogen) atoms. The van der Waals surface area contributed by atoms with Gasteiger partial charge in [0, 0.05) is 12.8 Å². The Kier molecular flexibility index (Phi) is 6.42. The number of benzene rings is 1. The Morgan fingerprint density at radius 1 is 0.875 bits per heavy atom. The van der Waals surface area contributed by atoms with Gasteiger partial charge in [-0.2, -0.15) is 0 Å². The van der Waals surface area contributed by atoms with Crippen LogP contribution in [-0.2, 0) is 12.8 Å². The van der Waals surface area contributed by atoms with E-state index in [0.29, 0.717) is 0 Å². The van der Waals surface area contributed by atoms with Gasteiger partial charge in [0.1, 0.15) is 0 Å². The Morgan fingerprint density at radius 3 is 2.06 bits per heavy atom. The smallest absolute Gasteiger partial charge is 0.0129 e. The van der Waals surface area contributed by atoms with E-state index >= 15 is 0 Å². The Hall–Kier alpha value is -1.22. The van der Waals surface area contributed by atoms with E-state index in [0.717, 1.165) is 19.3 Å². The fraction of sp³-hybridized carbons (Fsp3) is 0.500. The lowest BCUT2D eigenvalue weighted by atomic mass is 10.0. The van der Waals surface area contributed by atoms with Gasteiger partial charge in [-0.1, -0.05) is 44.5 Å². The van der Waals surface area contributed by atoms with Crippen molar-refractivity contribution in [2.24, 2.45) is 0 Å². The van der Waals surface area contributed by atoms with Crippen LogP contribution >= 0.6 is 0 Å². The monoisotopic (exact) mass is 214 g/mol. The minimum atomic E-state index is 0.968. The fourth-order valence-electron chi connectivity index (χ4n) is 1.67. The number of rotatable bonds is 5. The summed E-state index contributed by atoms with van der Waals surface area (Å²) in [6.45, 7) is 4.33. The summed E-state index contributed by atoms with van der Waals surface area (Å²) in [6.07, 6.45) is 6.82. The van der Waals surface area contributed by atoms with Crippen LogP contribution in [0.15, 0.2) is 24.3 Å². The second-order valence-electron chi connectivity index (χ2n) is 4.13. The Labute approximate surface area is 100 Å². The van der Waals surface area contributed by atoms with Gasteiger partial charge in [0.15, 0.2) is 0 Å². The standard InChI is InChI=1S/C16H22/c1-3-5-7-8-10-16-13-11-15(12-14-16)9-6-4-2/h11-14H,3-4,6,8-10H2,1-2H3. The average molecular weight is 214 g/mol. The molecule has 0 saturated heterocycles. The first-order valence-electron chi connectivity index (χ1n) is 6.40. The van der Waals surface area contributed by atoms with Gasteiger partial charge in [0.2, 0.25) is 0 Å². The molecule has 86 valence electrons. The highest BCUT2D eigenvalue weighted by atomic mass is 14.0. The lowest BCUT2D eigenvalue weighted by molar-refractivity contribution is 0.794. The summed E-state index contributed by atoms with van der Waals surface area (Å²) < 4.78 is 0. The molecule has 0 N–H and O–H groups in total. The predicted octanol–water partition coefficient (Wildman–Crippen LogP) is 4.38. The summed E-state index contributed by atoms with van der Waals surface area (Å²) in [5.74, 6) is 6.29. The minimum Gasteiger partial charge on any atom is -0.104 e. The Morgan fingerprint density at radius 2 is 1.50 bits per heavy atom. The first-order valence-corrected chi connectivity index (χ1v) is 6.40. The number of aryl methyl sites for hydroxylation is 2.